The van der Waals surface area contributed by atoms with E-state index < -0.39 is 90.5 Å². The molecule has 1 aliphatic rings. The second-order valence-electron chi connectivity index (χ2n) is 12.9. The van der Waals surface area contributed by atoms with E-state index in [-0.39, 0.29) is 13.1 Å². The highest BCUT2D eigenvalue weighted by atomic mass is 19.4. The Kier molecular flexibility index (Phi) is 20.5. The number of carbonyl (C=O) groups excluding carboxylic acids is 6. The zero-order valence-electron chi connectivity index (χ0n) is 28.7. The number of ketones is 1. The first-order valence-corrected chi connectivity index (χ1v) is 15.5. The number of urea groups is 1. The van der Waals surface area contributed by atoms with Gasteiger partial charge in [0.05, 0.1) is 12.6 Å². The minimum atomic E-state index is -4.65. The number of nitrogens with two attached hydrogens (primary N) is 1. The van der Waals surface area contributed by atoms with Crippen LogP contribution in [0.3, 0.4) is 0 Å². The number of carbonyl (C=O) groups is 6. The molecule has 46 heavy (non-hydrogen) atoms. The van der Waals surface area contributed by atoms with Gasteiger partial charge in [0, 0.05) is 19.5 Å². The minimum Gasteiger partial charge on any atom is -0.368 e. The van der Waals surface area contributed by atoms with Gasteiger partial charge in [-0.15, -0.1) is 6.58 Å². The summed E-state index contributed by atoms with van der Waals surface area (Å²) in [7, 11) is 0. The van der Waals surface area contributed by atoms with Gasteiger partial charge >= 0.3 is 12.2 Å². The molecule has 266 valence electrons. The van der Waals surface area contributed by atoms with Crippen molar-refractivity contribution in [2.75, 3.05) is 19.6 Å². The van der Waals surface area contributed by atoms with Crippen LogP contribution in [-0.2, 0) is 24.0 Å². The third-order valence-corrected chi connectivity index (χ3v) is 6.04. The molecule has 1 fully saturated rings. The first-order chi connectivity index (χ1) is 21.0. The molecule has 0 aliphatic carbocycles. The molecule has 1 rings (SSSR count). The fraction of sp³-hybridized carbons (Fsp3) is 0.742. The van der Waals surface area contributed by atoms with Crippen LogP contribution in [0.1, 0.15) is 88.0 Å². The van der Waals surface area contributed by atoms with E-state index in [9.17, 15) is 41.9 Å². The normalized spacial score (nSPS) is 17.2. The number of rotatable bonds is 12. The molecule has 3 unspecified atom stereocenters. The van der Waals surface area contributed by atoms with Crippen molar-refractivity contribution in [2.45, 2.75) is 112 Å². The minimum absolute atomic E-state index is 0.0935. The molecule has 0 bridgehead atoms. The number of halogens is 3. The predicted octanol–water partition coefficient (Wildman–Crippen LogP) is 3.20. The molecule has 0 aromatic heterocycles. The molecule has 0 aromatic rings. The van der Waals surface area contributed by atoms with Gasteiger partial charge in [0.2, 0.25) is 23.5 Å². The molecule has 1 aliphatic heterocycles. The summed E-state index contributed by atoms with van der Waals surface area (Å²) in [6.07, 6.45) is -4.08. The molecule has 6 N–H and O–H groups in total. The summed E-state index contributed by atoms with van der Waals surface area (Å²) in [5.74, 6) is -4.43. The molecule has 1 heterocycles. The lowest BCUT2D eigenvalue weighted by molar-refractivity contribution is -0.147. The smallest absolute Gasteiger partial charge is 0.368 e. The van der Waals surface area contributed by atoms with Crippen molar-refractivity contribution in [1.82, 2.24) is 26.2 Å². The van der Waals surface area contributed by atoms with Crippen LogP contribution in [-0.4, -0.2) is 84.3 Å². The Labute approximate surface area is 271 Å². The lowest BCUT2D eigenvalue weighted by Gasteiger charge is -2.36. The Morgan fingerprint density at radius 1 is 1.00 bits per heavy atom. The van der Waals surface area contributed by atoms with Crippen LogP contribution in [0.5, 0.6) is 0 Å². The number of likely N-dealkylation sites (tertiary alicyclic amines) is 1. The van der Waals surface area contributed by atoms with Crippen molar-refractivity contribution >= 4 is 35.4 Å². The van der Waals surface area contributed by atoms with Gasteiger partial charge in [0.25, 0.3) is 5.91 Å². The third kappa shape index (κ3) is 18.4. The summed E-state index contributed by atoms with van der Waals surface area (Å²) in [5.41, 5.74) is 4.16. The molecule has 0 radical (unpaired) electrons. The molecule has 0 spiro atoms. The molecular formula is C31H55F3N6O6. The van der Waals surface area contributed by atoms with E-state index in [1.807, 2.05) is 0 Å². The summed E-state index contributed by atoms with van der Waals surface area (Å²) in [6, 6.07) is -4.99. The average molecular weight is 665 g/mol. The van der Waals surface area contributed by atoms with Gasteiger partial charge in [-0.25, -0.2) is 4.79 Å². The number of nitrogens with zero attached hydrogens (tertiary/aromatic N) is 1. The fourth-order valence-corrected chi connectivity index (χ4v) is 4.00. The van der Waals surface area contributed by atoms with Gasteiger partial charge < -0.3 is 31.9 Å². The highest BCUT2D eigenvalue weighted by Gasteiger charge is 2.46. The van der Waals surface area contributed by atoms with Crippen LogP contribution >= 0.6 is 0 Å². The summed E-state index contributed by atoms with van der Waals surface area (Å²) < 4.78 is 38.7. The summed E-state index contributed by atoms with van der Waals surface area (Å²) in [4.78, 5) is 76.0. The van der Waals surface area contributed by atoms with Crippen molar-refractivity contribution in [3.05, 3.63) is 12.7 Å². The van der Waals surface area contributed by atoms with Gasteiger partial charge in [0.1, 0.15) is 12.1 Å². The van der Waals surface area contributed by atoms with E-state index in [2.05, 4.69) is 62.5 Å². The van der Waals surface area contributed by atoms with E-state index in [0.717, 1.165) is 5.92 Å². The lowest BCUT2D eigenvalue weighted by Crippen LogP contribution is -2.61. The topological polar surface area (TPSA) is 180 Å². The zero-order valence-corrected chi connectivity index (χ0v) is 28.7. The number of hydrogen-bond acceptors (Lipinski definition) is 6. The lowest BCUT2D eigenvalue weighted by atomic mass is 9.85. The van der Waals surface area contributed by atoms with Gasteiger partial charge in [-0.3, -0.25) is 24.0 Å². The van der Waals surface area contributed by atoms with Gasteiger partial charge in [0.15, 0.2) is 0 Å². The molecule has 1 saturated heterocycles. The largest absolute Gasteiger partial charge is 0.389 e. The Morgan fingerprint density at radius 3 is 1.96 bits per heavy atom. The maximum Gasteiger partial charge on any atom is 0.389 e. The molecule has 6 amide bonds. The predicted molar refractivity (Wildman–Crippen MR) is 170 cm³/mol. The molecule has 0 aromatic carbocycles. The maximum atomic E-state index is 13.6. The van der Waals surface area contributed by atoms with Crippen molar-refractivity contribution < 1.29 is 41.9 Å². The highest BCUT2D eigenvalue weighted by molar-refractivity contribution is 6.38. The van der Waals surface area contributed by atoms with E-state index in [1.54, 1.807) is 27.7 Å². The second kappa shape index (κ2) is 21.2. The Morgan fingerprint density at radius 2 is 1.52 bits per heavy atom. The molecular weight excluding hydrogens is 609 g/mol. The van der Waals surface area contributed by atoms with E-state index in [4.69, 9.17) is 5.73 Å². The van der Waals surface area contributed by atoms with Crippen LogP contribution in [0.25, 0.3) is 0 Å². The van der Waals surface area contributed by atoms with Gasteiger partial charge in [-0.2, -0.15) is 13.2 Å². The van der Waals surface area contributed by atoms with Crippen LogP contribution in [0.2, 0.25) is 0 Å². The number of Topliss-reactive ketones (excluding diaryl/α,β-unsaturated/α-hetero) is 1. The SMILES string of the molecule is C=CCNC(=O)C(=O)C(CCC(F)(F)F)NC(=O)[C@@H]1C(C)CCN1C(=O)C(NC(=O)NCC(N)=O)C(C)(C)C.CC(C)C.CCC. The van der Waals surface area contributed by atoms with Crippen molar-refractivity contribution in [2.24, 2.45) is 23.0 Å². The first-order valence-electron chi connectivity index (χ1n) is 15.5. The first kappa shape index (κ1) is 44.5. The summed E-state index contributed by atoms with van der Waals surface area (Å²) in [6.45, 7) is 20.3. The average Bonchev–Trinajstić information content (AvgIpc) is 3.31. The maximum absolute atomic E-state index is 13.6. The Balaban J connectivity index is 0. The number of primary amides is 1. The number of nitrogens with one attached hydrogen (secondary N) is 4. The quantitative estimate of drug-likeness (QED) is 0.158. The number of alkyl halides is 3. The monoisotopic (exact) mass is 664 g/mol. The Hall–Kier alpha value is -3.65. The molecule has 15 heteroatoms. The van der Waals surface area contributed by atoms with Crippen molar-refractivity contribution in [3.8, 4) is 0 Å². The molecule has 4 atom stereocenters. The standard InChI is InChI=1S/C24H37F3N6O6.C4H10.C3H8/c1-6-10-29-20(37)17(35)14(7-9-24(25,26)27)31-19(36)16-13(2)8-11-33(16)21(38)18(23(3,4)5)32-22(39)30-12-15(28)34;1-4(2)3;1-3-2/h6,13-14,16,18H,1,7-12H2,2-5H3,(H2,28,34)(H,29,37)(H,31,36)(H2,30,32,39);4H,1-3H3;3H2,1-2H3/t13?,14?,16-,18?;;/m0../s1. The Bertz CT molecular complexity index is 1030. The highest BCUT2D eigenvalue weighted by Crippen LogP contribution is 2.29. The number of amides is 6. The van der Waals surface area contributed by atoms with Gasteiger partial charge in [-0.1, -0.05) is 74.8 Å². The fourth-order valence-electron chi connectivity index (χ4n) is 4.00. The molecule has 0 saturated carbocycles. The summed E-state index contributed by atoms with van der Waals surface area (Å²) >= 11 is 0. The zero-order chi connectivity index (χ0) is 36.4. The van der Waals surface area contributed by atoms with E-state index in [0.29, 0.717) is 6.42 Å². The third-order valence-electron chi connectivity index (χ3n) is 6.04. The van der Waals surface area contributed by atoms with E-state index in [1.165, 1.54) is 17.4 Å². The second-order valence-corrected chi connectivity index (χ2v) is 12.9. The van der Waals surface area contributed by atoms with Crippen molar-refractivity contribution in [1.29, 1.82) is 0 Å². The van der Waals surface area contributed by atoms with Crippen LogP contribution in [0.4, 0.5) is 18.0 Å². The summed E-state index contributed by atoms with van der Waals surface area (Å²) in [5, 5.41) is 9.10. The van der Waals surface area contributed by atoms with Crippen molar-refractivity contribution in [3.63, 3.8) is 0 Å². The van der Waals surface area contributed by atoms with Crippen LogP contribution in [0.15, 0.2) is 12.7 Å². The van der Waals surface area contributed by atoms with E-state index >= 15 is 0 Å². The van der Waals surface area contributed by atoms with Crippen LogP contribution in [0, 0.1) is 17.3 Å². The number of hydrogen-bond donors (Lipinski definition) is 5. The molecule has 12 nitrogen and oxygen atoms in total. The van der Waals surface area contributed by atoms with Crippen LogP contribution < -0.4 is 27.0 Å². The van der Waals surface area contributed by atoms with Gasteiger partial charge in [-0.05, 0) is 30.1 Å².